The number of likely N-dealkylation sites (N-methyl/N-ethyl adjacent to an activating group) is 1. The number of rotatable bonds is 10. The number of esters is 1. The van der Waals surface area contributed by atoms with Gasteiger partial charge in [-0.3, -0.25) is 10.1 Å². The highest BCUT2D eigenvalue weighted by Crippen LogP contribution is 2.14. The van der Waals surface area contributed by atoms with Crippen molar-refractivity contribution in [2.24, 2.45) is 0 Å². The summed E-state index contributed by atoms with van der Waals surface area (Å²) in [5, 5.41) is 13.7. The highest BCUT2D eigenvalue weighted by Gasteiger charge is 2.25. The third-order valence-corrected chi connectivity index (χ3v) is 3.22. The molecule has 2 atom stereocenters. The lowest BCUT2D eigenvalue weighted by Crippen LogP contribution is -2.43. The highest BCUT2D eigenvalue weighted by molar-refractivity contribution is 5.89. The van der Waals surface area contributed by atoms with E-state index < -0.39 is 17.0 Å². The van der Waals surface area contributed by atoms with E-state index in [2.05, 4.69) is 5.32 Å². The van der Waals surface area contributed by atoms with Crippen molar-refractivity contribution in [3.05, 3.63) is 39.9 Å². The van der Waals surface area contributed by atoms with Crippen molar-refractivity contribution in [1.29, 1.82) is 0 Å². The second-order valence-corrected chi connectivity index (χ2v) is 4.78. The Hall–Kier alpha value is -2.03. The Bertz CT molecular complexity index is 505. The van der Waals surface area contributed by atoms with Crippen LogP contribution in [0.3, 0.4) is 0 Å². The predicted molar refractivity (Wildman–Crippen MR) is 83.5 cm³/mol. The van der Waals surface area contributed by atoms with Gasteiger partial charge in [0.15, 0.2) is 6.10 Å². The molecule has 0 saturated heterocycles. The molecule has 8 nitrogen and oxygen atoms in total. The number of methoxy groups -OCH3 is 2. The predicted octanol–water partition coefficient (Wildman–Crippen LogP) is 1.39. The minimum Gasteiger partial charge on any atom is -0.453 e. The number of ether oxygens (including phenoxy) is 3. The van der Waals surface area contributed by atoms with E-state index in [4.69, 9.17) is 14.2 Å². The van der Waals surface area contributed by atoms with Crippen LogP contribution >= 0.6 is 0 Å². The fourth-order valence-corrected chi connectivity index (χ4v) is 1.96. The number of hydrogen-bond acceptors (Lipinski definition) is 7. The van der Waals surface area contributed by atoms with E-state index in [1.54, 1.807) is 0 Å². The van der Waals surface area contributed by atoms with E-state index in [1.165, 1.54) is 38.5 Å². The lowest BCUT2D eigenvalue weighted by molar-refractivity contribution is -0.384. The first-order chi connectivity index (χ1) is 11.0. The van der Waals surface area contributed by atoms with Gasteiger partial charge in [-0.25, -0.2) is 4.79 Å². The van der Waals surface area contributed by atoms with Gasteiger partial charge in [-0.15, -0.1) is 0 Å². The zero-order valence-corrected chi connectivity index (χ0v) is 13.5. The zero-order chi connectivity index (χ0) is 17.2. The van der Waals surface area contributed by atoms with Crippen LogP contribution < -0.4 is 5.32 Å². The lowest BCUT2D eigenvalue weighted by Gasteiger charge is -2.25. The Labute approximate surface area is 134 Å². The SMILES string of the molecule is CCNCC(OC)C(COC)OC(=O)c1ccc([N+](=O)[O-])cc1. The maximum atomic E-state index is 12.2. The van der Waals surface area contributed by atoms with E-state index in [1.807, 2.05) is 6.92 Å². The van der Waals surface area contributed by atoms with Gasteiger partial charge in [0.1, 0.15) is 6.10 Å². The average Bonchev–Trinajstić information content (AvgIpc) is 2.55. The van der Waals surface area contributed by atoms with Crippen LogP contribution in [0, 0.1) is 10.1 Å². The molecular formula is C15H22N2O6. The molecule has 0 spiro atoms. The van der Waals surface area contributed by atoms with E-state index in [0.29, 0.717) is 6.54 Å². The van der Waals surface area contributed by atoms with Crippen molar-refractivity contribution in [2.45, 2.75) is 19.1 Å². The first kappa shape index (κ1) is 19.0. The van der Waals surface area contributed by atoms with Crippen molar-refractivity contribution in [3.8, 4) is 0 Å². The van der Waals surface area contributed by atoms with Crippen molar-refractivity contribution in [3.63, 3.8) is 0 Å². The molecule has 23 heavy (non-hydrogen) atoms. The summed E-state index contributed by atoms with van der Waals surface area (Å²) in [6, 6.07) is 5.23. The number of nitro benzene ring substituents is 1. The Morgan fingerprint density at radius 1 is 1.26 bits per heavy atom. The minimum absolute atomic E-state index is 0.0862. The minimum atomic E-state index is -0.591. The molecule has 1 N–H and O–H groups in total. The first-order valence-electron chi connectivity index (χ1n) is 7.21. The summed E-state index contributed by atoms with van der Waals surface area (Å²) in [4.78, 5) is 22.3. The molecule has 0 aliphatic carbocycles. The van der Waals surface area contributed by atoms with E-state index >= 15 is 0 Å². The fourth-order valence-electron chi connectivity index (χ4n) is 1.96. The molecule has 0 aliphatic rings. The summed E-state index contributed by atoms with van der Waals surface area (Å²) in [5.41, 5.74) is 0.145. The van der Waals surface area contributed by atoms with Crippen molar-refractivity contribution >= 4 is 11.7 Å². The molecule has 0 aromatic heterocycles. The molecule has 0 radical (unpaired) electrons. The number of hydrogen-bond donors (Lipinski definition) is 1. The normalized spacial score (nSPS) is 13.3. The van der Waals surface area contributed by atoms with Crippen LogP contribution in [0.5, 0.6) is 0 Å². The van der Waals surface area contributed by atoms with Crippen molar-refractivity contribution in [2.75, 3.05) is 33.9 Å². The quantitative estimate of drug-likeness (QED) is 0.394. The number of nitrogens with zero attached hydrogens (tertiary/aromatic N) is 1. The van der Waals surface area contributed by atoms with E-state index in [-0.39, 0.29) is 24.0 Å². The van der Waals surface area contributed by atoms with Crippen LogP contribution in [-0.2, 0) is 14.2 Å². The van der Waals surface area contributed by atoms with E-state index in [9.17, 15) is 14.9 Å². The van der Waals surface area contributed by atoms with Crippen molar-refractivity contribution in [1.82, 2.24) is 5.32 Å². The molecule has 1 aromatic rings. The first-order valence-corrected chi connectivity index (χ1v) is 7.21. The zero-order valence-electron chi connectivity index (χ0n) is 13.5. The third kappa shape index (κ3) is 5.93. The van der Waals surface area contributed by atoms with Gasteiger partial charge in [0, 0.05) is 32.9 Å². The monoisotopic (exact) mass is 326 g/mol. The van der Waals surface area contributed by atoms with E-state index in [0.717, 1.165) is 6.54 Å². The lowest BCUT2D eigenvalue weighted by atomic mass is 10.2. The number of nitrogens with one attached hydrogen (secondary N) is 1. The number of carbonyl (C=O) groups is 1. The Balaban J connectivity index is 2.77. The van der Waals surface area contributed by atoms with Crippen LogP contribution in [0.2, 0.25) is 0 Å². The van der Waals surface area contributed by atoms with Crippen molar-refractivity contribution < 1.29 is 23.9 Å². The molecule has 0 heterocycles. The van der Waals surface area contributed by atoms with Crippen LogP contribution in [0.25, 0.3) is 0 Å². The summed E-state index contributed by atoms with van der Waals surface area (Å²) in [6.07, 6.45) is -0.955. The molecular weight excluding hydrogens is 304 g/mol. The maximum Gasteiger partial charge on any atom is 0.338 e. The van der Waals surface area contributed by atoms with Gasteiger partial charge in [0.05, 0.1) is 17.1 Å². The molecule has 0 saturated carbocycles. The topological polar surface area (TPSA) is 99.9 Å². The van der Waals surface area contributed by atoms with Crippen LogP contribution in [0.15, 0.2) is 24.3 Å². The molecule has 2 unspecified atom stereocenters. The molecule has 0 fully saturated rings. The average molecular weight is 326 g/mol. The summed E-state index contributed by atoms with van der Waals surface area (Å²) < 4.78 is 15.9. The van der Waals surface area contributed by atoms with Crippen LogP contribution in [-0.4, -0.2) is 57.0 Å². The smallest absolute Gasteiger partial charge is 0.338 e. The molecule has 0 aliphatic heterocycles. The highest BCUT2D eigenvalue weighted by atomic mass is 16.6. The largest absolute Gasteiger partial charge is 0.453 e. The maximum absolute atomic E-state index is 12.2. The number of nitro groups is 1. The van der Waals surface area contributed by atoms with Gasteiger partial charge >= 0.3 is 5.97 Å². The van der Waals surface area contributed by atoms with Gasteiger partial charge in [-0.1, -0.05) is 6.92 Å². The van der Waals surface area contributed by atoms with Gasteiger partial charge in [-0.05, 0) is 18.7 Å². The molecule has 1 rings (SSSR count). The van der Waals surface area contributed by atoms with Gasteiger partial charge < -0.3 is 19.5 Å². The van der Waals surface area contributed by atoms with Crippen LogP contribution in [0.1, 0.15) is 17.3 Å². The Kier molecular flexibility index (Phi) is 8.17. The number of benzene rings is 1. The molecule has 128 valence electrons. The molecule has 0 bridgehead atoms. The summed E-state index contributed by atoms with van der Waals surface area (Å²) in [6.45, 7) is 3.41. The third-order valence-electron chi connectivity index (χ3n) is 3.22. The fraction of sp³-hybridized carbons (Fsp3) is 0.533. The number of carbonyl (C=O) groups excluding carboxylic acids is 1. The second-order valence-electron chi connectivity index (χ2n) is 4.78. The second kappa shape index (κ2) is 9.88. The molecule has 8 heteroatoms. The standard InChI is InChI=1S/C15H22N2O6/c1-4-16-9-13(22-3)14(10-21-2)23-15(18)11-5-7-12(8-6-11)17(19)20/h5-8,13-14,16H,4,9-10H2,1-3H3. The van der Waals surface area contributed by atoms with Crippen LogP contribution in [0.4, 0.5) is 5.69 Å². The number of non-ortho nitro benzene ring substituents is 1. The summed E-state index contributed by atoms with van der Waals surface area (Å²) in [7, 11) is 3.04. The van der Waals surface area contributed by atoms with Gasteiger partial charge in [0.2, 0.25) is 0 Å². The summed E-state index contributed by atoms with van der Waals surface area (Å²) >= 11 is 0. The Morgan fingerprint density at radius 3 is 2.39 bits per heavy atom. The molecule has 1 aromatic carbocycles. The molecule has 0 amide bonds. The van der Waals surface area contributed by atoms with Gasteiger partial charge in [-0.2, -0.15) is 0 Å². The summed E-state index contributed by atoms with van der Waals surface area (Å²) in [5.74, 6) is -0.583. The Morgan fingerprint density at radius 2 is 1.91 bits per heavy atom. The van der Waals surface area contributed by atoms with Gasteiger partial charge in [0.25, 0.3) is 5.69 Å².